The Kier molecular flexibility index (Phi) is 4.31. The maximum Gasteiger partial charge on any atom is 0.115 e. The molecule has 0 aliphatic carbocycles. The molecule has 1 aromatic carbocycles. The highest BCUT2D eigenvalue weighted by Crippen LogP contribution is 2.34. The van der Waals surface area contributed by atoms with Gasteiger partial charge in [-0.2, -0.15) is 0 Å². The Labute approximate surface area is 128 Å². The van der Waals surface area contributed by atoms with E-state index >= 15 is 0 Å². The Balaban J connectivity index is 2.69. The lowest BCUT2D eigenvalue weighted by Gasteiger charge is -2.29. The zero-order valence-electron chi connectivity index (χ0n) is 14.3. The lowest BCUT2D eigenvalue weighted by molar-refractivity contribution is 0.320. The number of anilines is 1. The quantitative estimate of drug-likeness (QED) is 0.812. The van der Waals surface area contributed by atoms with E-state index in [0.717, 1.165) is 17.0 Å². The van der Waals surface area contributed by atoms with Crippen LogP contribution < -0.4 is 5.73 Å². The van der Waals surface area contributed by atoms with Crippen LogP contribution in [-0.2, 0) is 5.41 Å². The van der Waals surface area contributed by atoms with Crippen molar-refractivity contribution < 1.29 is 0 Å². The normalized spacial score (nSPS) is 14.0. The molecule has 3 nitrogen and oxygen atoms in total. The lowest BCUT2D eigenvalue weighted by atomic mass is 9.91. The molecular formula is C18H29N3. The summed E-state index contributed by atoms with van der Waals surface area (Å²) in [5.41, 5.74) is 8.95. The van der Waals surface area contributed by atoms with Gasteiger partial charge in [0.1, 0.15) is 5.82 Å². The molecule has 0 radical (unpaired) electrons. The molecule has 3 heteroatoms. The van der Waals surface area contributed by atoms with E-state index in [1.165, 1.54) is 18.4 Å². The van der Waals surface area contributed by atoms with Gasteiger partial charge in [-0.25, -0.2) is 4.98 Å². The molecule has 0 bridgehead atoms. The van der Waals surface area contributed by atoms with E-state index in [1.54, 1.807) is 0 Å². The van der Waals surface area contributed by atoms with Gasteiger partial charge in [0.25, 0.3) is 0 Å². The minimum atomic E-state index is 0.0219. The van der Waals surface area contributed by atoms with Crippen molar-refractivity contribution >= 4 is 16.7 Å². The molecule has 1 unspecified atom stereocenters. The fraction of sp³-hybridized carbons (Fsp3) is 0.611. The molecule has 1 aromatic heterocycles. The lowest BCUT2D eigenvalue weighted by Crippen LogP contribution is -2.24. The monoisotopic (exact) mass is 287 g/mol. The number of imidazole rings is 1. The summed E-state index contributed by atoms with van der Waals surface area (Å²) in [6.07, 6.45) is 2.38. The minimum absolute atomic E-state index is 0.0219. The molecule has 0 spiro atoms. The zero-order chi connectivity index (χ0) is 15.8. The third kappa shape index (κ3) is 2.92. The first kappa shape index (κ1) is 15.9. The van der Waals surface area contributed by atoms with Gasteiger partial charge in [0.15, 0.2) is 0 Å². The molecule has 0 amide bonds. The van der Waals surface area contributed by atoms with Crippen LogP contribution >= 0.6 is 0 Å². The summed E-state index contributed by atoms with van der Waals surface area (Å²) in [6.45, 7) is 13.6. The predicted molar refractivity (Wildman–Crippen MR) is 91.6 cm³/mol. The molecule has 0 saturated carbocycles. The summed E-state index contributed by atoms with van der Waals surface area (Å²) in [5.74, 6) is 1.82. The van der Waals surface area contributed by atoms with Gasteiger partial charge in [0.2, 0.25) is 0 Å². The van der Waals surface area contributed by atoms with Crippen LogP contribution in [0.5, 0.6) is 0 Å². The SMILES string of the molecule is CCC(CC)C(C)n1c(C(C)(C)C)nc2cc(N)ccc21. The van der Waals surface area contributed by atoms with E-state index in [0.29, 0.717) is 12.0 Å². The molecule has 2 N–H and O–H groups in total. The number of nitrogens with two attached hydrogens (primary N) is 1. The van der Waals surface area contributed by atoms with E-state index in [2.05, 4.69) is 52.2 Å². The van der Waals surface area contributed by atoms with Crippen LogP contribution in [0.4, 0.5) is 5.69 Å². The predicted octanol–water partition coefficient (Wildman–Crippen LogP) is 4.91. The maximum absolute atomic E-state index is 5.93. The van der Waals surface area contributed by atoms with E-state index in [-0.39, 0.29) is 5.41 Å². The first-order valence-electron chi connectivity index (χ1n) is 8.07. The molecule has 0 saturated heterocycles. The van der Waals surface area contributed by atoms with Crippen LogP contribution in [0.3, 0.4) is 0 Å². The van der Waals surface area contributed by atoms with Crippen molar-refractivity contribution in [2.75, 3.05) is 5.73 Å². The van der Waals surface area contributed by atoms with Crippen molar-refractivity contribution in [3.05, 3.63) is 24.0 Å². The van der Waals surface area contributed by atoms with Gasteiger partial charge in [0, 0.05) is 17.1 Å². The Morgan fingerprint density at radius 3 is 2.33 bits per heavy atom. The summed E-state index contributed by atoms with van der Waals surface area (Å²) < 4.78 is 2.44. The van der Waals surface area contributed by atoms with Crippen LogP contribution in [0.2, 0.25) is 0 Å². The van der Waals surface area contributed by atoms with Gasteiger partial charge in [-0.3, -0.25) is 0 Å². The molecule has 2 rings (SSSR count). The number of nitrogen functional groups attached to an aromatic ring is 1. The van der Waals surface area contributed by atoms with E-state index in [9.17, 15) is 0 Å². The molecule has 0 fully saturated rings. The minimum Gasteiger partial charge on any atom is -0.399 e. The van der Waals surface area contributed by atoms with Crippen LogP contribution in [0.25, 0.3) is 11.0 Å². The van der Waals surface area contributed by atoms with Gasteiger partial charge in [-0.15, -0.1) is 0 Å². The summed E-state index contributed by atoms with van der Waals surface area (Å²) in [6, 6.07) is 6.53. The number of nitrogens with zero attached hydrogens (tertiary/aromatic N) is 2. The van der Waals surface area contributed by atoms with Crippen molar-refractivity contribution in [1.29, 1.82) is 0 Å². The largest absolute Gasteiger partial charge is 0.399 e. The van der Waals surface area contributed by atoms with Crippen molar-refractivity contribution in [3.8, 4) is 0 Å². The van der Waals surface area contributed by atoms with Crippen molar-refractivity contribution in [2.45, 2.75) is 65.8 Å². The number of benzene rings is 1. The summed E-state index contributed by atoms with van der Waals surface area (Å²) in [5, 5.41) is 0. The van der Waals surface area contributed by atoms with E-state index < -0.39 is 0 Å². The van der Waals surface area contributed by atoms with Crippen LogP contribution in [0.15, 0.2) is 18.2 Å². The Bertz CT molecular complexity index is 615. The first-order chi connectivity index (χ1) is 9.79. The smallest absolute Gasteiger partial charge is 0.115 e. The highest BCUT2D eigenvalue weighted by atomic mass is 15.1. The number of aromatic nitrogens is 2. The second kappa shape index (κ2) is 5.70. The van der Waals surface area contributed by atoms with Gasteiger partial charge in [0.05, 0.1) is 11.0 Å². The fourth-order valence-electron chi connectivity index (χ4n) is 3.24. The molecule has 2 aromatic rings. The topological polar surface area (TPSA) is 43.8 Å². The zero-order valence-corrected chi connectivity index (χ0v) is 14.3. The third-order valence-electron chi connectivity index (χ3n) is 4.52. The highest BCUT2D eigenvalue weighted by molar-refractivity contribution is 5.80. The van der Waals surface area contributed by atoms with Crippen LogP contribution in [0, 0.1) is 5.92 Å². The maximum atomic E-state index is 5.93. The van der Waals surface area contributed by atoms with E-state index in [1.807, 2.05) is 12.1 Å². The fourth-order valence-corrected chi connectivity index (χ4v) is 3.24. The van der Waals surface area contributed by atoms with Crippen molar-refractivity contribution in [2.24, 2.45) is 5.92 Å². The van der Waals surface area contributed by atoms with Gasteiger partial charge in [-0.1, -0.05) is 47.5 Å². The van der Waals surface area contributed by atoms with Gasteiger partial charge < -0.3 is 10.3 Å². The average Bonchev–Trinajstić information content (AvgIpc) is 2.78. The van der Waals surface area contributed by atoms with E-state index in [4.69, 9.17) is 10.7 Å². The average molecular weight is 287 g/mol. The number of hydrogen-bond donors (Lipinski definition) is 1. The molecular weight excluding hydrogens is 258 g/mol. The summed E-state index contributed by atoms with van der Waals surface area (Å²) >= 11 is 0. The van der Waals surface area contributed by atoms with Gasteiger partial charge in [-0.05, 0) is 31.0 Å². The molecule has 0 aliphatic rings. The number of fused-ring (bicyclic) bond motifs is 1. The third-order valence-corrected chi connectivity index (χ3v) is 4.52. The van der Waals surface area contributed by atoms with Crippen molar-refractivity contribution in [3.63, 3.8) is 0 Å². The molecule has 116 valence electrons. The molecule has 1 heterocycles. The van der Waals surface area contributed by atoms with Gasteiger partial charge >= 0.3 is 0 Å². The number of hydrogen-bond acceptors (Lipinski definition) is 2. The van der Waals surface area contributed by atoms with Crippen molar-refractivity contribution in [1.82, 2.24) is 9.55 Å². The van der Waals surface area contributed by atoms with Crippen LogP contribution in [0.1, 0.15) is 66.3 Å². The molecule has 1 atom stereocenters. The second-order valence-corrected chi connectivity index (χ2v) is 7.12. The molecule has 21 heavy (non-hydrogen) atoms. The highest BCUT2D eigenvalue weighted by Gasteiger charge is 2.27. The standard InChI is InChI=1S/C18H29N3/c1-7-13(8-2)12(3)21-16-10-9-14(19)11-15(16)20-17(21)18(4,5)6/h9-13H,7-8,19H2,1-6H3. The number of rotatable bonds is 4. The first-order valence-corrected chi connectivity index (χ1v) is 8.07. The Hall–Kier alpha value is -1.51. The second-order valence-electron chi connectivity index (χ2n) is 7.12. The van der Waals surface area contributed by atoms with Crippen LogP contribution in [-0.4, -0.2) is 9.55 Å². The summed E-state index contributed by atoms with van der Waals surface area (Å²) in [7, 11) is 0. The molecule has 0 aliphatic heterocycles. The summed E-state index contributed by atoms with van der Waals surface area (Å²) in [4.78, 5) is 4.90. The Morgan fingerprint density at radius 2 is 1.81 bits per heavy atom. The Morgan fingerprint density at radius 1 is 1.19 bits per heavy atom.